The first-order valence-electron chi connectivity index (χ1n) is 7.61. The lowest BCUT2D eigenvalue weighted by atomic mass is 9.95. The van der Waals surface area contributed by atoms with Gasteiger partial charge in [0.2, 0.25) is 0 Å². The molecular formula is C18H23NO2. The number of benzene rings is 1. The topological polar surface area (TPSA) is 40.5 Å². The highest BCUT2D eigenvalue weighted by Gasteiger charge is 2.28. The summed E-state index contributed by atoms with van der Waals surface area (Å²) in [6, 6.07) is 7.42. The normalized spacial score (nSPS) is 17.7. The predicted molar refractivity (Wildman–Crippen MR) is 83.9 cm³/mol. The molecule has 21 heavy (non-hydrogen) atoms. The van der Waals surface area contributed by atoms with Crippen LogP contribution in [0.25, 0.3) is 0 Å². The first-order valence-corrected chi connectivity index (χ1v) is 7.61. The van der Waals surface area contributed by atoms with E-state index in [1.54, 1.807) is 0 Å². The van der Waals surface area contributed by atoms with E-state index in [9.17, 15) is 4.79 Å². The quantitative estimate of drug-likeness (QED) is 0.867. The van der Waals surface area contributed by atoms with E-state index in [0.717, 1.165) is 30.6 Å². The van der Waals surface area contributed by atoms with E-state index in [-0.39, 0.29) is 12.5 Å². The van der Waals surface area contributed by atoms with Crippen molar-refractivity contribution in [3.05, 3.63) is 35.4 Å². The average Bonchev–Trinajstić information content (AvgIpc) is 2.97. The van der Waals surface area contributed by atoms with Crippen molar-refractivity contribution in [2.24, 2.45) is 11.8 Å². The molecule has 0 saturated carbocycles. The molecule has 1 aromatic carbocycles. The van der Waals surface area contributed by atoms with Crippen LogP contribution in [0, 0.1) is 23.7 Å². The number of rotatable bonds is 3. The Bertz CT molecular complexity index is 537. The Balaban J connectivity index is 1.99. The van der Waals surface area contributed by atoms with Gasteiger partial charge in [-0.25, -0.2) is 0 Å². The van der Waals surface area contributed by atoms with Crippen LogP contribution in [0.5, 0.6) is 0 Å². The van der Waals surface area contributed by atoms with Crippen LogP contribution in [0.4, 0.5) is 0 Å². The summed E-state index contributed by atoms with van der Waals surface area (Å²) in [5, 5.41) is 8.69. The minimum absolute atomic E-state index is 0.0789. The molecule has 1 saturated heterocycles. The molecule has 0 aromatic heterocycles. The molecule has 3 nitrogen and oxygen atoms in total. The van der Waals surface area contributed by atoms with Gasteiger partial charge in [-0.05, 0) is 42.5 Å². The number of aliphatic hydroxyl groups excluding tert-OH is 1. The summed E-state index contributed by atoms with van der Waals surface area (Å²) < 4.78 is 0. The number of likely N-dealkylation sites (tertiary alicyclic amines) is 1. The van der Waals surface area contributed by atoms with Gasteiger partial charge in [-0.3, -0.25) is 4.79 Å². The third kappa shape index (κ3) is 4.09. The lowest BCUT2D eigenvalue weighted by Gasteiger charge is -2.18. The average molecular weight is 285 g/mol. The van der Waals surface area contributed by atoms with Crippen molar-refractivity contribution < 1.29 is 9.90 Å². The van der Waals surface area contributed by atoms with Crippen LogP contribution in [0.3, 0.4) is 0 Å². The maximum absolute atomic E-state index is 12.4. The van der Waals surface area contributed by atoms with Crippen molar-refractivity contribution in [1.82, 2.24) is 4.90 Å². The van der Waals surface area contributed by atoms with Gasteiger partial charge in [-0.1, -0.05) is 25.7 Å². The van der Waals surface area contributed by atoms with Gasteiger partial charge in [0, 0.05) is 30.6 Å². The molecular weight excluding hydrogens is 262 g/mol. The van der Waals surface area contributed by atoms with Gasteiger partial charge in [0.25, 0.3) is 5.91 Å². The summed E-state index contributed by atoms with van der Waals surface area (Å²) in [6.07, 6.45) is 1.58. The van der Waals surface area contributed by atoms with Crippen LogP contribution >= 0.6 is 0 Å². The Morgan fingerprint density at radius 3 is 2.67 bits per heavy atom. The van der Waals surface area contributed by atoms with E-state index in [4.69, 9.17) is 5.11 Å². The Labute approximate surface area is 127 Å². The summed E-state index contributed by atoms with van der Waals surface area (Å²) in [6.45, 7) is 6.25. The molecule has 0 bridgehead atoms. The zero-order valence-electron chi connectivity index (χ0n) is 12.8. The molecule has 0 aliphatic carbocycles. The van der Waals surface area contributed by atoms with Crippen molar-refractivity contribution in [3.63, 3.8) is 0 Å². The number of hydrogen-bond donors (Lipinski definition) is 1. The fourth-order valence-electron chi connectivity index (χ4n) is 2.62. The molecule has 1 aliphatic rings. The smallest absolute Gasteiger partial charge is 0.253 e. The second-order valence-corrected chi connectivity index (χ2v) is 5.90. The molecule has 0 spiro atoms. The van der Waals surface area contributed by atoms with E-state index in [2.05, 4.69) is 25.7 Å². The lowest BCUT2D eigenvalue weighted by Crippen LogP contribution is -2.29. The molecule has 1 aromatic rings. The van der Waals surface area contributed by atoms with Crippen LogP contribution in [0.15, 0.2) is 24.3 Å². The first-order chi connectivity index (χ1) is 10.1. The Morgan fingerprint density at radius 1 is 1.38 bits per heavy atom. The number of carbonyl (C=O) groups is 1. The van der Waals surface area contributed by atoms with Crippen LogP contribution in [-0.2, 0) is 0 Å². The van der Waals surface area contributed by atoms with Gasteiger partial charge in [0.1, 0.15) is 0 Å². The highest BCUT2D eigenvalue weighted by atomic mass is 16.2. The predicted octanol–water partition coefficient (Wildman–Crippen LogP) is 2.54. The van der Waals surface area contributed by atoms with Crippen molar-refractivity contribution in [2.45, 2.75) is 26.7 Å². The highest BCUT2D eigenvalue weighted by molar-refractivity contribution is 5.94. The summed E-state index contributed by atoms with van der Waals surface area (Å²) in [5.41, 5.74) is 1.61. The molecule has 112 valence electrons. The minimum atomic E-state index is 0.0789. The molecule has 1 unspecified atom stereocenters. The Morgan fingerprint density at radius 2 is 2.10 bits per heavy atom. The molecule has 1 atom stereocenters. The SMILES string of the molecule is CC(C)C1CCN(C(=O)c2ccc(C#CCCO)cc2)C1. The summed E-state index contributed by atoms with van der Waals surface area (Å²) in [4.78, 5) is 14.4. The first kappa shape index (κ1) is 15.6. The fraction of sp³-hybridized carbons (Fsp3) is 0.500. The van der Waals surface area contributed by atoms with Crippen LogP contribution in [-0.4, -0.2) is 35.6 Å². The number of hydrogen-bond acceptors (Lipinski definition) is 2. The van der Waals surface area contributed by atoms with Crippen LogP contribution < -0.4 is 0 Å². The summed E-state index contributed by atoms with van der Waals surface area (Å²) >= 11 is 0. The Kier molecular flexibility index (Phi) is 5.41. The molecule has 1 aliphatic heterocycles. The van der Waals surface area contributed by atoms with Crippen molar-refractivity contribution >= 4 is 5.91 Å². The summed E-state index contributed by atoms with van der Waals surface area (Å²) in [7, 11) is 0. The number of carbonyl (C=O) groups excluding carboxylic acids is 1. The van der Waals surface area contributed by atoms with E-state index in [0.29, 0.717) is 18.3 Å². The zero-order valence-corrected chi connectivity index (χ0v) is 12.8. The third-order valence-corrected chi connectivity index (χ3v) is 4.06. The Hall–Kier alpha value is -1.79. The maximum atomic E-state index is 12.4. The van der Waals surface area contributed by atoms with Gasteiger partial charge >= 0.3 is 0 Å². The van der Waals surface area contributed by atoms with Crippen LogP contribution in [0.1, 0.15) is 42.6 Å². The van der Waals surface area contributed by atoms with E-state index >= 15 is 0 Å². The van der Waals surface area contributed by atoms with Gasteiger partial charge in [-0.15, -0.1) is 0 Å². The van der Waals surface area contributed by atoms with Gasteiger partial charge < -0.3 is 10.0 Å². The molecule has 1 heterocycles. The van der Waals surface area contributed by atoms with Gasteiger partial charge in [-0.2, -0.15) is 0 Å². The second-order valence-electron chi connectivity index (χ2n) is 5.90. The van der Waals surface area contributed by atoms with Gasteiger partial charge in [0.15, 0.2) is 0 Å². The molecule has 2 rings (SSSR count). The molecule has 0 radical (unpaired) electrons. The standard InChI is InChI=1S/C18H23NO2/c1-14(2)17-10-11-19(13-17)18(21)16-8-6-15(7-9-16)5-3-4-12-20/h6-9,14,17,20H,4,10-13H2,1-2H3. The minimum Gasteiger partial charge on any atom is -0.395 e. The van der Waals surface area contributed by atoms with Crippen molar-refractivity contribution in [3.8, 4) is 11.8 Å². The lowest BCUT2D eigenvalue weighted by molar-refractivity contribution is 0.0784. The second kappa shape index (κ2) is 7.28. The van der Waals surface area contributed by atoms with Gasteiger partial charge in [0.05, 0.1) is 6.61 Å². The van der Waals surface area contributed by atoms with Crippen molar-refractivity contribution in [2.75, 3.05) is 19.7 Å². The molecule has 3 heteroatoms. The van der Waals surface area contributed by atoms with Crippen molar-refractivity contribution in [1.29, 1.82) is 0 Å². The monoisotopic (exact) mass is 285 g/mol. The van der Waals surface area contributed by atoms with E-state index in [1.807, 2.05) is 29.2 Å². The van der Waals surface area contributed by atoms with E-state index in [1.165, 1.54) is 0 Å². The maximum Gasteiger partial charge on any atom is 0.253 e. The molecule has 1 fully saturated rings. The number of nitrogens with zero attached hydrogens (tertiary/aromatic N) is 1. The third-order valence-electron chi connectivity index (χ3n) is 4.06. The number of amides is 1. The highest BCUT2D eigenvalue weighted by Crippen LogP contribution is 2.24. The fourth-order valence-corrected chi connectivity index (χ4v) is 2.62. The number of aliphatic hydroxyl groups is 1. The largest absolute Gasteiger partial charge is 0.395 e. The molecule has 1 N–H and O–H groups in total. The van der Waals surface area contributed by atoms with E-state index < -0.39 is 0 Å². The van der Waals surface area contributed by atoms with Crippen LogP contribution in [0.2, 0.25) is 0 Å². The zero-order chi connectivity index (χ0) is 15.2. The molecule has 1 amide bonds. The summed E-state index contributed by atoms with van der Waals surface area (Å²) in [5.74, 6) is 7.22.